The lowest BCUT2D eigenvalue weighted by Gasteiger charge is -2.39. The van der Waals surface area contributed by atoms with Crippen LogP contribution in [0.25, 0.3) is 0 Å². The van der Waals surface area contributed by atoms with Crippen molar-refractivity contribution in [2.45, 2.75) is 24.8 Å². The van der Waals surface area contributed by atoms with E-state index in [1.807, 2.05) is 12.1 Å². The van der Waals surface area contributed by atoms with Gasteiger partial charge in [-0.05, 0) is 47.3 Å². The molecule has 4 heteroatoms. The van der Waals surface area contributed by atoms with Gasteiger partial charge in [-0.2, -0.15) is 0 Å². The van der Waals surface area contributed by atoms with Crippen molar-refractivity contribution < 1.29 is 9.47 Å². The molecule has 88 valence electrons. The molecule has 0 saturated heterocycles. The normalized spacial score (nSPS) is 17.8. The number of benzene rings is 1. The summed E-state index contributed by atoms with van der Waals surface area (Å²) in [6.07, 6.45) is 3.19. The average Bonchev–Trinajstić information content (AvgIpc) is 2.25. The molecule has 16 heavy (non-hydrogen) atoms. The molecule has 3 nitrogen and oxygen atoms in total. The topological polar surface area (TPSA) is 44.5 Å². The Labute approximate surface area is 104 Å². The summed E-state index contributed by atoms with van der Waals surface area (Å²) < 4.78 is 11.6. The molecule has 1 fully saturated rings. The second-order valence-electron chi connectivity index (χ2n) is 4.20. The highest BCUT2D eigenvalue weighted by molar-refractivity contribution is 9.10. The molecular weight excluding hydrogens is 270 g/mol. The van der Waals surface area contributed by atoms with Gasteiger partial charge in [0, 0.05) is 11.1 Å². The lowest BCUT2D eigenvalue weighted by atomic mass is 9.72. The SMILES string of the molecule is COc1cc(C2(N)CCC2)c(OC)cc1Br. The number of hydrogen-bond acceptors (Lipinski definition) is 3. The highest BCUT2D eigenvalue weighted by atomic mass is 79.9. The highest BCUT2D eigenvalue weighted by Gasteiger charge is 2.37. The first-order valence-electron chi connectivity index (χ1n) is 5.31. The largest absolute Gasteiger partial charge is 0.496 e. The first-order chi connectivity index (χ1) is 7.60. The summed E-state index contributed by atoms with van der Waals surface area (Å²) >= 11 is 3.44. The number of methoxy groups -OCH3 is 2. The minimum absolute atomic E-state index is 0.237. The molecule has 1 aliphatic carbocycles. The lowest BCUT2D eigenvalue weighted by molar-refractivity contribution is 0.242. The van der Waals surface area contributed by atoms with E-state index in [4.69, 9.17) is 15.2 Å². The van der Waals surface area contributed by atoms with E-state index in [-0.39, 0.29) is 5.54 Å². The van der Waals surface area contributed by atoms with Gasteiger partial charge in [0.05, 0.1) is 18.7 Å². The van der Waals surface area contributed by atoms with Crippen LogP contribution >= 0.6 is 15.9 Å². The van der Waals surface area contributed by atoms with E-state index in [2.05, 4.69) is 15.9 Å². The van der Waals surface area contributed by atoms with E-state index in [1.165, 1.54) is 6.42 Å². The number of hydrogen-bond donors (Lipinski definition) is 1. The number of rotatable bonds is 3. The van der Waals surface area contributed by atoms with E-state index >= 15 is 0 Å². The molecule has 0 heterocycles. The van der Waals surface area contributed by atoms with Gasteiger partial charge >= 0.3 is 0 Å². The van der Waals surface area contributed by atoms with Crippen molar-refractivity contribution in [3.8, 4) is 11.5 Å². The minimum atomic E-state index is -0.237. The van der Waals surface area contributed by atoms with Crippen molar-refractivity contribution in [3.63, 3.8) is 0 Å². The van der Waals surface area contributed by atoms with Gasteiger partial charge < -0.3 is 15.2 Å². The second-order valence-corrected chi connectivity index (χ2v) is 5.05. The molecule has 0 amide bonds. The summed E-state index contributed by atoms with van der Waals surface area (Å²) in [4.78, 5) is 0. The fourth-order valence-corrected chi connectivity index (χ4v) is 2.56. The van der Waals surface area contributed by atoms with Gasteiger partial charge in [0.1, 0.15) is 11.5 Å². The standard InChI is InChI=1S/C12H16BrNO2/c1-15-10-7-9(13)11(16-2)6-8(10)12(14)4-3-5-12/h6-7H,3-5,14H2,1-2H3. The van der Waals surface area contributed by atoms with Gasteiger partial charge in [0.25, 0.3) is 0 Å². The van der Waals surface area contributed by atoms with E-state index in [9.17, 15) is 0 Å². The number of ether oxygens (including phenoxy) is 2. The van der Waals surface area contributed by atoms with Crippen LogP contribution < -0.4 is 15.2 Å². The summed E-state index contributed by atoms with van der Waals surface area (Å²) in [7, 11) is 3.32. The molecule has 0 bridgehead atoms. The van der Waals surface area contributed by atoms with Crippen molar-refractivity contribution >= 4 is 15.9 Å². The fraction of sp³-hybridized carbons (Fsp3) is 0.500. The Morgan fingerprint density at radius 2 is 1.81 bits per heavy atom. The third-order valence-corrected chi connectivity index (χ3v) is 3.88. The zero-order valence-electron chi connectivity index (χ0n) is 9.55. The summed E-state index contributed by atoms with van der Waals surface area (Å²) in [5.74, 6) is 1.63. The van der Waals surface area contributed by atoms with Crippen molar-refractivity contribution in [2.75, 3.05) is 14.2 Å². The van der Waals surface area contributed by atoms with Crippen molar-refractivity contribution in [1.82, 2.24) is 0 Å². The van der Waals surface area contributed by atoms with E-state index in [1.54, 1.807) is 14.2 Å². The summed E-state index contributed by atoms with van der Waals surface area (Å²) in [5, 5.41) is 0. The molecule has 0 aromatic heterocycles. The Morgan fingerprint density at radius 1 is 1.19 bits per heavy atom. The van der Waals surface area contributed by atoms with E-state index < -0.39 is 0 Å². The van der Waals surface area contributed by atoms with Gasteiger partial charge in [-0.1, -0.05) is 0 Å². The van der Waals surface area contributed by atoms with E-state index in [0.717, 1.165) is 34.4 Å². The van der Waals surface area contributed by atoms with Gasteiger partial charge in [-0.15, -0.1) is 0 Å². The molecular formula is C12H16BrNO2. The Hall–Kier alpha value is -0.740. The first-order valence-corrected chi connectivity index (χ1v) is 6.11. The van der Waals surface area contributed by atoms with Gasteiger partial charge in [-0.3, -0.25) is 0 Å². The second kappa shape index (κ2) is 4.26. The van der Waals surface area contributed by atoms with Crippen LogP contribution in [0.15, 0.2) is 16.6 Å². The predicted molar refractivity (Wildman–Crippen MR) is 67.0 cm³/mol. The first kappa shape index (κ1) is 11.7. The summed E-state index contributed by atoms with van der Waals surface area (Å²) in [6.45, 7) is 0. The van der Waals surface area contributed by atoms with Crippen LogP contribution in [0.5, 0.6) is 11.5 Å². The van der Waals surface area contributed by atoms with Gasteiger partial charge in [0.15, 0.2) is 0 Å². The highest BCUT2D eigenvalue weighted by Crippen LogP contribution is 2.45. The third-order valence-electron chi connectivity index (χ3n) is 3.26. The number of nitrogens with two attached hydrogens (primary N) is 1. The van der Waals surface area contributed by atoms with Crippen LogP contribution in [0.3, 0.4) is 0 Å². The van der Waals surface area contributed by atoms with Crippen LogP contribution in [0.2, 0.25) is 0 Å². The molecule has 0 radical (unpaired) electrons. The van der Waals surface area contributed by atoms with Crippen LogP contribution in [0.1, 0.15) is 24.8 Å². The maximum absolute atomic E-state index is 6.32. The molecule has 2 N–H and O–H groups in total. The maximum Gasteiger partial charge on any atom is 0.133 e. The Bertz CT molecular complexity index is 402. The zero-order chi connectivity index (χ0) is 11.8. The minimum Gasteiger partial charge on any atom is -0.496 e. The molecule has 0 unspecified atom stereocenters. The Morgan fingerprint density at radius 3 is 2.25 bits per heavy atom. The predicted octanol–water partition coefficient (Wildman–Crippen LogP) is 2.80. The molecule has 0 atom stereocenters. The summed E-state index contributed by atoms with van der Waals surface area (Å²) in [5.41, 5.74) is 7.13. The van der Waals surface area contributed by atoms with Crippen molar-refractivity contribution in [1.29, 1.82) is 0 Å². The molecule has 0 spiro atoms. The number of halogens is 1. The molecule has 1 aromatic carbocycles. The fourth-order valence-electron chi connectivity index (χ4n) is 2.08. The monoisotopic (exact) mass is 285 g/mol. The van der Waals surface area contributed by atoms with Crippen LogP contribution in [0.4, 0.5) is 0 Å². The van der Waals surface area contributed by atoms with Crippen LogP contribution in [-0.2, 0) is 5.54 Å². The van der Waals surface area contributed by atoms with Crippen LogP contribution in [0, 0.1) is 0 Å². The van der Waals surface area contributed by atoms with Crippen molar-refractivity contribution in [2.24, 2.45) is 5.73 Å². The van der Waals surface area contributed by atoms with Gasteiger partial charge in [-0.25, -0.2) is 0 Å². The molecule has 0 aliphatic heterocycles. The van der Waals surface area contributed by atoms with Gasteiger partial charge in [0.2, 0.25) is 0 Å². The van der Waals surface area contributed by atoms with E-state index in [0.29, 0.717) is 0 Å². The smallest absolute Gasteiger partial charge is 0.133 e. The third kappa shape index (κ3) is 1.80. The quantitative estimate of drug-likeness (QED) is 0.929. The molecule has 1 aliphatic rings. The Balaban J connectivity index is 2.49. The Kier molecular flexibility index (Phi) is 3.13. The summed E-state index contributed by atoms with van der Waals surface area (Å²) in [6, 6.07) is 3.89. The molecule has 1 saturated carbocycles. The average molecular weight is 286 g/mol. The molecule has 2 rings (SSSR count). The molecule has 1 aromatic rings. The van der Waals surface area contributed by atoms with Crippen molar-refractivity contribution in [3.05, 3.63) is 22.2 Å². The van der Waals surface area contributed by atoms with Crippen LogP contribution in [-0.4, -0.2) is 14.2 Å². The lowest BCUT2D eigenvalue weighted by Crippen LogP contribution is -2.43. The maximum atomic E-state index is 6.32. The zero-order valence-corrected chi connectivity index (χ0v) is 11.1.